The summed E-state index contributed by atoms with van der Waals surface area (Å²) in [6.45, 7) is 8.39. The van der Waals surface area contributed by atoms with Gasteiger partial charge in [0, 0.05) is 13.1 Å². The van der Waals surface area contributed by atoms with Crippen LogP contribution < -0.4 is 11.3 Å². The van der Waals surface area contributed by atoms with Gasteiger partial charge >= 0.3 is 0 Å². The molecule has 16 heavy (non-hydrogen) atoms. The zero-order valence-corrected chi connectivity index (χ0v) is 10.5. The molecule has 1 saturated heterocycles. The Balaban J connectivity index is 2.66. The molecule has 1 unspecified atom stereocenters. The monoisotopic (exact) mass is 229 g/mol. The molecule has 0 radical (unpaired) electrons. The first kappa shape index (κ1) is 13.4. The molecule has 1 atom stereocenters. The average Bonchev–Trinajstić information content (AvgIpc) is 2.23. The fourth-order valence-corrected chi connectivity index (χ4v) is 2.17. The third kappa shape index (κ3) is 3.43. The van der Waals surface area contributed by atoms with Crippen molar-refractivity contribution in [3.05, 3.63) is 0 Å². The van der Waals surface area contributed by atoms with Gasteiger partial charge in [-0.05, 0) is 20.3 Å². The van der Waals surface area contributed by atoms with Gasteiger partial charge in [-0.2, -0.15) is 0 Å². The lowest BCUT2D eigenvalue weighted by Crippen LogP contribution is -2.57. The quantitative estimate of drug-likeness (QED) is 0.412. The van der Waals surface area contributed by atoms with Gasteiger partial charge in [0.15, 0.2) is 0 Å². The second-order valence-corrected chi connectivity index (χ2v) is 4.89. The van der Waals surface area contributed by atoms with Gasteiger partial charge < -0.3 is 4.74 Å². The molecule has 0 spiro atoms. The largest absolute Gasteiger partial charge is 0.373 e. The minimum Gasteiger partial charge on any atom is -0.373 e. The first-order valence-corrected chi connectivity index (χ1v) is 5.88. The van der Waals surface area contributed by atoms with Crippen LogP contribution in [0, 0.1) is 0 Å². The molecule has 1 amide bonds. The molecule has 1 rings (SSSR count). The molecule has 1 aliphatic heterocycles. The molecule has 0 aromatic heterocycles. The molecule has 1 fully saturated rings. The number of hydrogen-bond donors (Lipinski definition) is 2. The number of morpholine rings is 1. The van der Waals surface area contributed by atoms with E-state index in [1.807, 2.05) is 13.8 Å². The molecule has 1 aliphatic rings. The maximum Gasteiger partial charge on any atom is 0.251 e. The van der Waals surface area contributed by atoms with Gasteiger partial charge in [-0.25, -0.2) is 5.84 Å². The number of hydrazine groups is 1. The van der Waals surface area contributed by atoms with E-state index >= 15 is 0 Å². The number of nitrogens with two attached hydrogens (primary N) is 1. The van der Waals surface area contributed by atoms with Crippen molar-refractivity contribution in [2.45, 2.75) is 45.3 Å². The van der Waals surface area contributed by atoms with E-state index in [4.69, 9.17) is 10.6 Å². The van der Waals surface area contributed by atoms with E-state index in [2.05, 4.69) is 17.2 Å². The van der Waals surface area contributed by atoms with Gasteiger partial charge in [0.25, 0.3) is 5.91 Å². The molecule has 0 aromatic carbocycles. The Hall–Kier alpha value is -0.650. The summed E-state index contributed by atoms with van der Waals surface area (Å²) in [5.41, 5.74) is 2.07. The molecule has 0 saturated carbocycles. The molecular formula is C11H23N3O2. The van der Waals surface area contributed by atoms with E-state index in [1.54, 1.807) is 0 Å². The molecule has 1 heterocycles. The highest BCUT2D eigenvalue weighted by atomic mass is 16.5. The first-order valence-electron chi connectivity index (χ1n) is 5.88. The van der Waals surface area contributed by atoms with E-state index in [9.17, 15) is 4.79 Å². The number of carbonyl (C=O) groups is 1. The minimum absolute atomic E-state index is 0.0976. The van der Waals surface area contributed by atoms with E-state index < -0.39 is 0 Å². The van der Waals surface area contributed by atoms with Crippen LogP contribution in [0.15, 0.2) is 0 Å². The first-order chi connectivity index (χ1) is 7.50. The minimum atomic E-state index is -0.181. The van der Waals surface area contributed by atoms with Crippen LogP contribution in [0.3, 0.4) is 0 Å². The summed E-state index contributed by atoms with van der Waals surface area (Å²) in [4.78, 5) is 13.9. The number of ether oxygens (including phenoxy) is 1. The van der Waals surface area contributed by atoms with Gasteiger partial charge in [-0.15, -0.1) is 0 Å². The molecule has 0 aliphatic carbocycles. The highest BCUT2D eigenvalue weighted by Gasteiger charge is 2.33. The highest BCUT2D eigenvalue weighted by molar-refractivity contribution is 5.81. The highest BCUT2D eigenvalue weighted by Crippen LogP contribution is 2.20. The number of rotatable bonds is 4. The molecule has 94 valence electrons. The van der Waals surface area contributed by atoms with E-state index in [-0.39, 0.29) is 17.6 Å². The van der Waals surface area contributed by atoms with Crippen molar-refractivity contribution >= 4 is 5.91 Å². The Bertz CT molecular complexity index is 243. The summed E-state index contributed by atoms with van der Waals surface area (Å²) in [5.74, 6) is 5.12. The normalized spacial score (nSPS) is 22.8. The van der Waals surface area contributed by atoms with Gasteiger partial charge in [0.05, 0.1) is 18.2 Å². The predicted octanol–water partition coefficient (Wildman–Crippen LogP) is 0.256. The summed E-state index contributed by atoms with van der Waals surface area (Å²) in [5, 5.41) is 0. The van der Waals surface area contributed by atoms with Crippen molar-refractivity contribution in [1.29, 1.82) is 0 Å². The van der Waals surface area contributed by atoms with Crippen LogP contribution in [0.5, 0.6) is 0 Å². The van der Waals surface area contributed by atoms with Gasteiger partial charge in [0.1, 0.15) is 0 Å². The number of nitrogens with zero attached hydrogens (tertiary/aromatic N) is 1. The van der Waals surface area contributed by atoms with Crippen LogP contribution >= 0.6 is 0 Å². The van der Waals surface area contributed by atoms with Crippen LogP contribution in [-0.4, -0.2) is 42.1 Å². The molecule has 5 nitrogen and oxygen atoms in total. The molecule has 5 heteroatoms. The van der Waals surface area contributed by atoms with Gasteiger partial charge in [-0.3, -0.25) is 15.1 Å². The van der Waals surface area contributed by atoms with Crippen LogP contribution in [0.25, 0.3) is 0 Å². The number of hydrogen-bond acceptors (Lipinski definition) is 4. The lowest BCUT2D eigenvalue weighted by Gasteiger charge is -2.41. The zero-order chi connectivity index (χ0) is 12.2. The molecule has 3 N–H and O–H groups in total. The van der Waals surface area contributed by atoms with Crippen molar-refractivity contribution in [1.82, 2.24) is 10.3 Å². The second kappa shape index (κ2) is 5.61. The standard InChI is InChI=1S/C11H23N3O2/c1-4-5-9(10(15)13-12)14-6-7-16-11(2,3)8-14/h9H,4-8,12H2,1-3H3,(H,13,15). The molecule has 0 bridgehead atoms. The summed E-state index contributed by atoms with van der Waals surface area (Å²) >= 11 is 0. The summed E-state index contributed by atoms with van der Waals surface area (Å²) in [6, 6.07) is -0.127. The molecule has 0 aromatic rings. The van der Waals surface area contributed by atoms with Crippen molar-refractivity contribution < 1.29 is 9.53 Å². The Kier molecular flexibility index (Phi) is 4.70. The van der Waals surface area contributed by atoms with Crippen molar-refractivity contribution in [3.63, 3.8) is 0 Å². The summed E-state index contributed by atoms with van der Waals surface area (Å²) in [7, 11) is 0. The van der Waals surface area contributed by atoms with E-state index in [1.165, 1.54) is 0 Å². The molecular weight excluding hydrogens is 206 g/mol. The number of nitrogens with one attached hydrogen (secondary N) is 1. The third-order valence-corrected chi connectivity index (χ3v) is 2.90. The smallest absolute Gasteiger partial charge is 0.251 e. The van der Waals surface area contributed by atoms with Crippen LogP contribution in [0.2, 0.25) is 0 Å². The lowest BCUT2D eigenvalue weighted by molar-refractivity contribution is -0.135. The fourth-order valence-electron chi connectivity index (χ4n) is 2.17. The number of carbonyl (C=O) groups excluding carboxylic acids is 1. The average molecular weight is 229 g/mol. The fraction of sp³-hybridized carbons (Fsp3) is 0.909. The van der Waals surface area contributed by atoms with Crippen molar-refractivity contribution in [3.8, 4) is 0 Å². The SMILES string of the molecule is CCCC(C(=O)NN)N1CCOC(C)(C)C1. The van der Waals surface area contributed by atoms with Crippen LogP contribution in [-0.2, 0) is 9.53 Å². The maximum absolute atomic E-state index is 11.7. The zero-order valence-electron chi connectivity index (χ0n) is 10.5. The van der Waals surface area contributed by atoms with Gasteiger partial charge in [0.2, 0.25) is 0 Å². The Morgan fingerprint density at radius 2 is 2.31 bits per heavy atom. The summed E-state index contributed by atoms with van der Waals surface area (Å²) < 4.78 is 5.63. The number of amides is 1. The van der Waals surface area contributed by atoms with Crippen molar-refractivity contribution in [2.75, 3.05) is 19.7 Å². The Morgan fingerprint density at radius 3 is 2.81 bits per heavy atom. The third-order valence-electron chi connectivity index (χ3n) is 2.90. The Morgan fingerprint density at radius 1 is 1.62 bits per heavy atom. The second-order valence-electron chi connectivity index (χ2n) is 4.89. The Labute approximate surface area is 97.3 Å². The predicted molar refractivity (Wildman–Crippen MR) is 62.6 cm³/mol. The lowest BCUT2D eigenvalue weighted by atomic mass is 10.0. The van der Waals surface area contributed by atoms with Crippen molar-refractivity contribution in [2.24, 2.45) is 5.84 Å². The topological polar surface area (TPSA) is 67.6 Å². The van der Waals surface area contributed by atoms with Crippen LogP contribution in [0.1, 0.15) is 33.6 Å². The summed E-state index contributed by atoms with van der Waals surface area (Å²) in [6.07, 6.45) is 1.80. The van der Waals surface area contributed by atoms with Gasteiger partial charge in [-0.1, -0.05) is 13.3 Å². The van der Waals surface area contributed by atoms with Crippen LogP contribution in [0.4, 0.5) is 0 Å². The maximum atomic E-state index is 11.7. The van der Waals surface area contributed by atoms with E-state index in [0.29, 0.717) is 6.61 Å². The van der Waals surface area contributed by atoms with E-state index in [0.717, 1.165) is 25.9 Å².